The molecule has 0 bridgehead atoms. The summed E-state index contributed by atoms with van der Waals surface area (Å²) in [6.07, 6.45) is 2.19. The number of hydrogen-bond donors (Lipinski definition) is 0. The molecule has 2 heterocycles. The standard InChI is InChI=1S/C22H24N2O2S/c1-15-8-10-24(11-9-15)21(25)18-5-3-4-17(13-18)14-27-22-23-19-12-16(2)6-7-20(19)26-22/h3-7,12-13,15H,8-11,14H2,1-2H3. The molecule has 27 heavy (non-hydrogen) atoms. The third-order valence-corrected chi connectivity index (χ3v) is 6.03. The summed E-state index contributed by atoms with van der Waals surface area (Å²) in [5, 5.41) is 0.664. The fourth-order valence-corrected chi connectivity index (χ4v) is 4.19. The van der Waals surface area contributed by atoms with Crippen molar-refractivity contribution >= 4 is 28.8 Å². The van der Waals surface area contributed by atoms with Gasteiger partial charge in [-0.1, -0.05) is 36.9 Å². The second-order valence-electron chi connectivity index (χ2n) is 7.41. The van der Waals surface area contributed by atoms with E-state index in [1.165, 1.54) is 5.56 Å². The lowest BCUT2D eigenvalue weighted by Crippen LogP contribution is -2.37. The van der Waals surface area contributed by atoms with Gasteiger partial charge in [0.25, 0.3) is 11.1 Å². The molecule has 0 unspecified atom stereocenters. The summed E-state index contributed by atoms with van der Waals surface area (Å²) >= 11 is 1.56. The highest BCUT2D eigenvalue weighted by Gasteiger charge is 2.21. The molecule has 0 saturated carbocycles. The normalized spacial score (nSPS) is 15.4. The first kappa shape index (κ1) is 18.1. The summed E-state index contributed by atoms with van der Waals surface area (Å²) in [7, 11) is 0. The number of likely N-dealkylation sites (tertiary alicyclic amines) is 1. The van der Waals surface area contributed by atoms with Gasteiger partial charge in [0.05, 0.1) is 0 Å². The van der Waals surface area contributed by atoms with E-state index in [2.05, 4.69) is 18.0 Å². The average molecular weight is 381 g/mol. The number of benzene rings is 2. The lowest BCUT2D eigenvalue weighted by Gasteiger charge is -2.30. The predicted octanol–water partition coefficient (Wildman–Crippen LogP) is 5.30. The van der Waals surface area contributed by atoms with Crippen LogP contribution < -0.4 is 0 Å². The van der Waals surface area contributed by atoms with Gasteiger partial charge in [0, 0.05) is 24.4 Å². The molecule has 1 aliphatic rings. The number of rotatable bonds is 4. The largest absolute Gasteiger partial charge is 0.431 e. The number of nitrogens with zero attached hydrogens (tertiary/aromatic N) is 2. The Morgan fingerprint density at radius 1 is 1.22 bits per heavy atom. The summed E-state index contributed by atoms with van der Waals surface area (Å²) in [6.45, 7) is 6.03. The Balaban J connectivity index is 1.43. The van der Waals surface area contributed by atoms with Gasteiger partial charge in [-0.3, -0.25) is 4.79 Å². The number of carbonyl (C=O) groups is 1. The van der Waals surface area contributed by atoms with E-state index < -0.39 is 0 Å². The van der Waals surface area contributed by atoms with Crippen molar-refractivity contribution in [1.82, 2.24) is 9.88 Å². The Kier molecular flexibility index (Phi) is 5.21. The van der Waals surface area contributed by atoms with E-state index >= 15 is 0 Å². The van der Waals surface area contributed by atoms with Gasteiger partial charge in [0.15, 0.2) is 5.58 Å². The van der Waals surface area contributed by atoms with E-state index in [1.807, 2.05) is 48.2 Å². The molecule has 1 fully saturated rings. The Bertz CT molecular complexity index is 958. The number of piperidine rings is 1. The van der Waals surface area contributed by atoms with Crippen LogP contribution in [0, 0.1) is 12.8 Å². The number of aromatic nitrogens is 1. The average Bonchev–Trinajstić information content (AvgIpc) is 3.08. The van der Waals surface area contributed by atoms with Crippen molar-refractivity contribution in [3.63, 3.8) is 0 Å². The molecule has 2 aromatic carbocycles. The van der Waals surface area contributed by atoms with E-state index in [4.69, 9.17) is 4.42 Å². The van der Waals surface area contributed by atoms with Crippen LogP contribution in [0.1, 0.15) is 41.3 Å². The number of amides is 1. The zero-order valence-corrected chi connectivity index (χ0v) is 16.6. The molecule has 0 N–H and O–H groups in total. The van der Waals surface area contributed by atoms with Gasteiger partial charge in [-0.15, -0.1) is 0 Å². The summed E-state index contributed by atoms with van der Waals surface area (Å²) in [5.74, 6) is 1.59. The number of aryl methyl sites for hydroxylation is 1. The maximum Gasteiger partial charge on any atom is 0.257 e. The van der Waals surface area contributed by atoms with Gasteiger partial charge < -0.3 is 9.32 Å². The molecule has 3 aromatic rings. The van der Waals surface area contributed by atoms with Crippen molar-refractivity contribution in [2.75, 3.05) is 13.1 Å². The number of oxazole rings is 1. The maximum atomic E-state index is 12.8. The lowest BCUT2D eigenvalue weighted by atomic mass is 9.98. The van der Waals surface area contributed by atoms with Crippen LogP contribution in [-0.4, -0.2) is 28.9 Å². The minimum atomic E-state index is 0.145. The van der Waals surface area contributed by atoms with Gasteiger partial charge in [-0.05, 0) is 61.1 Å². The number of carbonyl (C=O) groups excluding carboxylic acids is 1. The number of fused-ring (bicyclic) bond motifs is 1. The molecule has 1 aromatic heterocycles. The Hall–Kier alpha value is -2.27. The van der Waals surface area contributed by atoms with Crippen LogP contribution in [0.15, 0.2) is 52.1 Å². The predicted molar refractivity (Wildman–Crippen MR) is 109 cm³/mol. The van der Waals surface area contributed by atoms with Crippen molar-refractivity contribution < 1.29 is 9.21 Å². The van der Waals surface area contributed by atoms with Crippen LogP contribution in [0.2, 0.25) is 0 Å². The molecule has 4 rings (SSSR count). The molecule has 0 aliphatic carbocycles. The Morgan fingerprint density at radius 2 is 2.04 bits per heavy atom. The first-order valence-electron chi connectivity index (χ1n) is 9.47. The highest BCUT2D eigenvalue weighted by atomic mass is 32.2. The fraction of sp³-hybridized carbons (Fsp3) is 0.364. The smallest absolute Gasteiger partial charge is 0.257 e. The summed E-state index contributed by atoms with van der Waals surface area (Å²) in [6, 6.07) is 13.9. The summed E-state index contributed by atoms with van der Waals surface area (Å²) in [5.41, 5.74) is 4.75. The van der Waals surface area contributed by atoms with Crippen LogP contribution in [0.3, 0.4) is 0 Å². The molecule has 4 nitrogen and oxygen atoms in total. The van der Waals surface area contributed by atoms with Gasteiger partial charge in [0.2, 0.25) is 0 Å². The van der Waals surface area contributed by atoms with E-state index in [0.29, 0.717) is 5.22 Å². The van der Waals surface area contributed by atoms with Crippen LogP contribution in [0.4, 0.5) is 0 Å². The fourth-order valence-electron chi connectivity index (χ4n) is 3.41. The van der Waals surface area contributed by atoms with Crippen LogP contribution >= 0.6 is 11.8 Å². The zero-order valence-electron chi connectivity index (χ0n) is 15.8. The van der Waals surface area contributed by atoms with Crippen LogP contribution in [-0.2, 0) is 5.75 Å². The van der Waals surface area contributed by atoms with E-state index in [0.717, 1.165) is 59.8 Å². The quantitative estimate of drug-likeness (QED) is 0.576. The molecule has 1 aliphatic heterocycles. The van der Waals surface area contributed by atoms with Crippen LogP contribution in [0.25, 0.3) is 11.1 Å². The first-order chi connectivity index (χ1) is 13.1. The maximum absolute atomic E-state index is 12.8. The molecule has 0 atom stereocenters. The molecular weight excluding hydrogens is 356 g/mol. The molecule has 1 amide bonds. The second-order valence-corrected chi connectivity index (χ2v) is 8.34. The van der Waals surface area contributed by atoms with E-state index in [-0.39, 0.29) is 5.91 Å². The molecule has 0 spiro atoms. The van der Waals surface area contributed by atoms with Crippen LogP contribution in [0.5, 0.6) is 0 Å². The minimum absolute atomic E-state index is 0.145. The number of hydrogen-bond acceptors (Lipinski definition) is 4. The van der Waals surface area contributed by atoms with Gasteiger partial charge >= 0.3 is 0 Å². The van der Waals surface area contributed by atoms with Crippen molar-refractivity contribution in [1.29, 1.82) is 0 Å². The third kappa shape index (κ3) is 4.19. The van der Waals surface area contributed by atoms with Crippen molar-refractivity contribution in [3.8, 4) is 0 Å². The summed E-state index contributed by atoms with van der Waals surface area (Å²) in [4.78, 5) is 19.3. The Labute approximate surface area is 164 Å². The zero-order chi connectivity index (χ0) is 18.8. The number of thioether (sulfide) groups is 1. The SMILES string of the molecule is Cc1ccc2oc(SCc3cccc(C(=O)N4CCC(C)CC4)c3)nc2c1. The van der Waals surface area contributed by atoms with E-state index in [1.54, 1.807) is 11.8 Å². The lowest BCUT2D eigenvalue weighted by molar-refractivity contribution is 0.0697. The Morgan fingerprint density at radius 3 is 2.85 bits per heavy atom. The van der Waals surface area contributed by atoms with E-state index in [9.17, 15) is 4.79 Å². The van der Waals surface area contributed by atoms with Gasteiger partial charge in [0.1, 0.15) is 5.52 Å². The van der Waals surface area contributed by atoms with Gasteiger partial charge in [-0.2, -0.15) is 0 Å². The monoisotopic (exact) mass is 380 g/mol. The highest BCUT2D eigenvalue weighted by Crippen LogP contribution is 2.27. The molecular formula is C22H24N2O2S. The third-order valence-electron chi connectivity index (χ3n) is 5.13. The minimum Gasteiger partial charge on any atom is -0.431 e. The van der Waals surface area contributed by atoms with Crippen molar-refractivity contribution in [3.05, 3.63) is 59.2 Å². The van der Waals surface area contributed by atoms with Crippen molar-refractivity contribution in [2.45, 2.75) is 37.7 Å². The molecule has 5 heteroatoms. The van der Waals surface area contributed by atoms with Crippen molar-refractivity contribution in [2.24, 2.45) is 5.92 Å². The second kappa shape index (κ2) is 7.77. The topological polar surface area (TPSA) is 46.3 Å². The molecule has 140 valence electrons. The molecule has 0 radical (unpaired) electrons. The highest BCUT2D eigenvalue weighted by molar-refractivity contribution is 7.98. The van der Waals surface area contributed by atoms with Gasteiger partial charge in [-0.25, -0.2) is 4.98 Å². The summed E-state index contributed by atoms with van der Waals surface area (Å²) < 4.78 is 5.80. The first-order valence-corrected chi connectivity index (χ1v) is 10.5. The molecule has 1 saturated heterocycles.